The summed E-state index contributed by atoms with van der Waals surface area (Å²) in [5.41, 5.74) is 0.686. The molecule has 1 saturated carbocycles. The van der Waals surface area contributed by atoms with Crippen LogP contribution < -0.4 is 10.6 Å². The van der Waals surface area contributed by atoms with Crippen molar-refractivity contribution in [3.63, 3.8) is 0 Å². The van der Waals surface area contributed by atoms with Gasteiger partial charge in [0.05, 0.1) is 10.7 Å². The number of carbonyl (C=O) groups excluding carboxylic acids is 1. The first-order chi connectivity index (χ1) is 9.56. The van der Waals surface area contributed by atoms with Crippen LogP contribution >= 0.6 is 23.2 Å². The fraction of sp³-hybridized carbons (Fsp3) is 0.533. The molecule has 2 N–H and O–H groups in total. The van der Waals surface area contributed by atoms with Gasteiger partial charge in [0.25, 0.3) is 0 Å². The van der Waals surface area contributed by atoms with E-state index in [0.717, 1.165) is 12.8 Å². The van der Waals surface area contributed by atoms with Gasteiger partial charge in [-0.3, -0.25) is 4.79 Å². The number of carbonyl (C=O) groups is 1. The first kappa shape index (κ1) is 15.5. The van der Waals surface area contributed by atoms with E-state index in [1.54, 1.807) is 18.2 Å². The highest BCUT2D eigenvalue weighted by Crippen LogP contribution is 2.26. The standard InChI is InChI=1S/C15H20Cl2N2O/c1-10(15(20)19-12-5-3-2-4-6-12)18-14-9-11(16)7-8-13(14)17/h7-10,12,18H,2-6H2,1H3,(H,19,20). The number of hydrogen-bond acceptors (Lipinski definition) is 2. The number of nitrogens with one attached hydrogen (secondary N) is 2. The number of anilines is 1. The van der Waals surface area contributed by atoms with Crippen LogP contribution in [0.4, 0.5) is 5.69 Å². The molecule has 110 valence electrons. The summed E-state index contributed by atoms with van der Waals surface area (Å²) in [7, 11) is 0. The van der Waals surface area contributed by atoms with Crippen molar-refractivity contribution in [2.24, 2.45) is 0 Å². The summed E-state index contributed by atoms with van der Waals surface area (Å²) in [5, 5.41) is 7.36. The minimum atomic E-state index is -0.340. The highest BCUT2D eigenvalue weighted by atomic mass is 35.5. The van der Waals surface area contributed by atoms with Crippen LogP contribution in [0.1, 0.15) is 39.0 Å². The summed E-state index contributed by atoms with van der Waals surface area (Å²) in [5.74, 6) is 0.00735. The number of benzene rings is 1. The van der Waals surface area contributed by atoms with Crippen molar-refractivity contribution in [2.45, 2.75) is 51.1 Å². The van der Waals surface area contributed by atoms with Crippen molar-refractivity contribution in [3.8, 4) is 0 Å². The molecule has 1 amide bonds. The minimum absolute atomic E-state index is 0.00735. The highest BCUT2D eigenvalue weighted by Gasteiger charge is 2.20. The lowest BCUT2D eigenvalue weighted by Gasteiger charge is -2.25. The Morgan fingerprint density at radius 2 is 1.95 bits per heavy atom. The Hall–Kier alpha value is -0.930. The third-order valence-corrected chi connectivity index (χ3v) is 4.21. The van der Waals surface area contributed by atoms with Crippen molar-refractivity contribution in [1.29, 1.82) is 0 Å². The molecule has 0 radical (unpaired) electrons. The lowest BCUT2D eigenvalue weighted by molar-refractivity contribution is -0.122. The first-order valence-electron chi connectivity index (χ1n) is 7.08. The number of amides is 1. The molecule has 1 unspecified atom stereocenters. The highest BCUT2D eigenvalue weighted by molar-refractivity contribution is 6.35. The van der Waals surface area contributed by atoms with Crippen LogP contribution in [0.3, 0.4) is 0 Å². The van der Waals surface area contributed by atoms with Crippen LogP contribution in [0.25, 0.3) is 0 Å². The van der Waals surface area contributed by atoms with E-state index >= 15 is 0 Å². The zero-order valence-corrected chi connectivity index (χ0v) is 13.1. The second kappa shape index (κ2) is 7.19. The van der Waals surface area contributed by atoms with Crippen molar-refractivity contribution in [2.75, 3.05) is 5.32 Å². The van der Waals surface area contributed by atoms with E-state index in [2.05, 4.69) is 10.6 Å². The van der Waals surface area contributed by atoms with Gasteiger partial charge in [-0.25, -0.2) is 0 Å². The molecule has 0 heterocycles. The van der Waals surface area contributed by atoms with Gasteiger partial charge >= 0.3 is 0 Å². The molecule has 0 spiro atoms. The average molecular weight is 315 g/mol. The van der Waals surface area contributed by atoms with Crippen molar-refractivity contribution in [3.05, 3.63) is 28.2 Å². The normalized spacial score (nSPS) is 17.6. The molecular formula is C15H20Cl2N2O. The Balaban J connectivity index is 1.91. The maximum atomic E-state index is 12.2. The molecule has 1 aliphatic rings. The molecule has 5 heteroatoms. The zero-order valence-electron chi connectivity index (χ0n) is 11.6. The van der Waals surface area contributed by atoms with Crippen molar-refractivity contribution in [1.82, 2.24) is 5.32 Å². The molecule has 0 bridgehead atoms. The lowest BCUT2D eigenvalue weighted by Crippen LogP contribution is -2.44. The van der Waals surface area contributed by atoms with E-state index in [-0.39, 0.29) is 11.9 Å². The van der Waals surface area contributed by atoms with Crippen LogP contribution in [-0.4, -0.2) is 18.0 Å². The Kier molecular flexibility index (Phi) is 5.55. The summed E-state index contributed by atoms with van der Waals surface area (Å²) in [4.78, 5) is 12.2. The fourth-order valence-corrected chi connectivity index (χ4v) is 2.82. The molecule has 0 aromatic heterocycles. The maximum absolute atomic E-state index is 12.2. The van der Waals surface area contributed by atoms with Crippen LogP contribution in [0.15, 0.2) is 18.2 Å². The SMILES string of the molecule is CC(Nc1cc(Cl)ccc1Cl)C(=O)NC1CCCCC1. The summed E-state index contributed by atoms with van der Waals surface area (Å²) in [6.45, 7) is 1.83. The molecule has 1 atom stereocenters. The Labute approximate surface area is 130 Å². The quantitative estimate of drug-likeness (QED) is 0.872. The Bertz CT molecular complexity index is 473. The molecule has 3 nitrogen and oxygen atoms in total. The van der Waals surface area contributed by atoms with E-state index < -0.39 is 0 Å². The second-order valence-electron chi connectivity index (χ2n) is 5.33. The lowest BCUT2D eigenvalue weighted by atomic mass is 9.95. The molecule has 0 aliphatic heterocycles. The van der Waals surface area contributed by atoms with Crippen LogP contribution in [0.5, 0.6) is 0 Å². The topological polar surface area (TPSA) is 41.1 Å². The monoisotopic (exact) mass is 314 g/mol. The van der Waals surface area contributed by atoms with E-state index in [0.29, 0.717) is 21.8 Å². The smallest absolute Gasteiger partial charge is 0.242 e. The van der Waals surface area contributed by atoms with Gasteiger partial charge in [0.2, 0.25) is 5.91 Å². The van der Waals surface area contributed by atoms with Crippen molar-refractivity contribution < 1.29 is 4.79 Å². The maximum Gasteiger partial charge on any atom is 0.242 e. The van der Waals surface area contributed by atoms with Crippen molar-refractivity contribution >= 4 is 34.8 Å². The summed E-state index contributed by atoms with van der Waals surface area (Å²) in [6.07, 6.45) is 5.84. The van der Waals surface area contributed by atoms with E-state index in [1.165, 1.54) is 19.3 Å². The predicted octanol–water partition coefficient (Wildman–Crippen LogP) is 4.24. The summed E-state index contributed by atoms with van der Waals surface area (Å²) in [6, 6.07) is 5.15. The number of halogens is 2. The second-order valence-corrected chi connectivity index (χ2v) is 6.18. The van der Waals surface area contributed by atoms with Gasteiger partial charge < -0.3 is 10.6 Å². The minimum Gasteiger partial charge on any atom is -0.373 e. The molecule has 20 heavy (non-hydrogen) atoms. The molecule has 1 aromatic carbocycles. The van der Waals surface area contributed by atoms with Gasteiger partial charge in [-0.1, -0.05) is 42.5 Å². The molecular weight excluding hydrogens is 295 g/mol. The summed E-state index contributed by atoms with van der Waals surface area (Å²) < 4.78 is 0. The molecule has 1 aromatic rings. The van der Waals surface area contributed by atoms with Gasteiger partial charge in [0, 0.05) is 11.1 Å². The number of rotatable bonds is 4. The van der Waals surface area contributed by atoms with E-state index in [9.17, 15) is 4.79 Å². The average Bonchev–Trinajstić information content (AvgIpc) is 2.44. The largest absolute Gasteiger partial charge is 0.373 e. The van der Waals surface area contributed by atoms with Crippen LogP contribution in [0.2, 0.25) is 10.0 Å². The molecule has 1 aliphatic carbocycles. The first-order valence-corrected chi connectivity index (χ1v) is 7.84. The molecule has 0 saturated heterocycles. The predicted molar refractivity (Wildman–Crippen MR) is 84.6 cm³/mol. The van der Waals surface area contributed by atoms with Gasteiger partial charge in [-0.15, -0.1) is 0 Å². The zero-order chi connectivity index (χ0) is 14.5. The molecule has 2 rings (SSSR count). The fourth-order valence-electron chi connectivity index (χ4n) is 2.48. The number of hydrogen-bond donors (Lipinski definition) is 2. The van der Waals surface area contributed by atoms with E-state index in [1.807, 2.05) is 6.92 Å². The van der Waals surface area contributed by atoms with E-state index in [4.69, 9.17) is 23.2 Å². The Morgan fingerprint density at radius 1 is 1.25 bits per heavy atom. The molecule has 1 fully saturated rings. The van der Waals surface area contributed by atoms with Gasteiger partial charge in [0.15, 0.2) is 0 Å². The Morgan fingerprint density at radius 3 is 2.65 bits per heavy atom. The van der Waals surface area contributed by atoms with Gasteiger partial charge in [0.1, 0.15) is 6.04 Å². The van der Waals surface area contributed by atoms with Gasteiger partial charge in [-0.05, 0) is 38.0 Å². The third-order valence-electron chi connectivity index (χ3n) is 3.65. The van der Waals surface area contributed by atoms with Gasteiger partial charge in [-0.2, -0.15) is 0 Å². The van der Waals surface area contributed by atoms with Crippen LogP contribution in [-0.2, 0) is 4.79 Å². The summed E-state index contributed by atoms with van der Waals surface area (Å²) >= 11 is 12.0. The van der Waals surface area contributed by atoms with Crippen LogP contribution in [0, 0.1) is 0 Å². The third kappa shape index (κ3) is 4.29.